The molecule has 0 aliphatic rings. The van der Waals surface area contributed by atoms with E-state index in [2.05, 4.69) is 15.5 Å². The number of hydrazone groups is 1. The Kier molecular flexibility index (Phi) is 4.88. The molecule has 1 heterocycles. The standard InChI is InChI=1S/C18H15Cl2N3O/c1-11-14(13-4-2-3-5-17(13)22-11)9-18(24)23-21-10-12-6-7-15(19)16(20)8-12/h2-8,10,22H,9H2,1H3,(H,23,24)/b21-10+. The van der Waals surface area contributed by atoms with Gasteiger partial charge in [0, 0.05) is 16.6 Å². The Labute approximate surface area is 149 Å². The molecule has 1 aromatic heterocycles. The first-order valence-corrected chi connectivity index (χ1v) is 8.13. The number of hydrogen-bond donors (Lipinski definition) is 2. The molecule has 0 unspecified atom stereocenters. The van der Waals surface area contributed by atoms with Gasteiger partial charge in [0.25, 0.3) is 0 Å². The van der Waals surface area contributed by atoms with Crippen LogP contribution in [0.1, 0.15) is 16.8 Å². The van der Waals surface area contributed by atoms with Crippen molar-refractivity contribution in [3.63, 3.8) is 0 Å². The molecule has 0 bridgehead atoms. The number of nitrogens with one attached hydrogen (secondary N) is 2. The van der Waals surface area contributed by atoms with Crippen LogP contribution in [0, 0.1) is 6.92 Å². The van der Waals surface area contributed by atoms with Gasteiger partial charge >= 0.3 is 0 Å². The van der Waals surface area contributed by atoms with Crippen molar-refractivity contribution in [3.05, 3.63) is 69.3 Å². The number of H-pyrrole nitrogens is 1. The molecule has 2 aromatic carbocycles. The topological polar surface area (TPSA) is 57.2 Å². The molecule has 0 saturated heterocycles. The molecule has 0 spiro atoms. The highest BCUT2D eigenvalue weighted by Crippen LogP contribution is 2.23. The van der Waals surface area contributed by atoms with Crippen LogP contribution in [0.25, 0.3) is 10.9 Å². The van der Waals surface area contributed by atoms with E-state index in [4.69, 9.17) is 23.2 Å². The van der Waals surface area contributed by atoms with Crippen LogP contribution in [0.15, 0.2) is 47.6 Å². The van der Waals surface area contributed by atoms with Crippen molar-refractivity contribution in [3.8, 4) is 0 Å². The third-order valence-electron chi connectivity index (χ3n) is 3.71. The molecule has 0 aliphatic heterocycles. The summed E-state index contributed by atoms with van der Waals surface area (Å²) in [4.78, 5) is 15.4. The first-order chi connectivity index (χ1) is 11.5. The van der Waals surface area contributed by atoms with E-state index in [0.29, 0.717) is 10.0 Å². The molecule has 122 valence electrons. The van der Waals surface area contributed by atoms with E-state index in [1.54, 1.807) is 18.2 Å². The minimum atomic E-state index is -0.181. The summed E-state index contributed by atoms with van der Waals surface area (Å²) >= 11 is 11.8. The predicted molar refractivity (Wildman–Crippen MR) is 98.9 cm³/mol. The lowest BCUT2D eigenvalue weighted by Crippen LogP contribution is -2.20. The number of para-hydroxylation sites is 1. The first kappa shape index (κ1) is 16.6. The summed E-state index contributed by atoms with van der Waals surface area (Å²) in [5.74, 6) is -0.181. The van der Waals surface area contributed by atoms with Gasteiger partial charge in [-0.05, 0) is 36.2 Å². The Morgan fingerprint density at radius 3 is 2.79 bits per heavy atom. The molecule has 3 aromatic rings. The summed E-state index contributed by atoms with van der Waals surface area (Å²) in [7, 11) is 0. The minimum absolute atomic E-state index is 0.181. The van der Waals surface area contributed by atoms with Crippen LogP contribution >= 0.6 is 23.2 Å². The molecule has 3 rings (SSSR count). The number of aromatic amines is 1. The van der Waals surface area contributed by atoms with Gasteiger partial charge in [-0.2, -0.15) is 5.10 Å². The van der Waals surface area contributed by atoms with Crippen LogP contribution < -0.4 is 5.43 Å². The van der Waals surface area contributed by atoms with Crippen LogP contribution in [-0.2, 0) is 11.2 Å². The smallest absolute Gasteiger partial charge is 0.244 e. The van der Waals surface area contributed by atoms with Crippen LogP contribution in [0.4, 0.5) is 0 Å². The zero-order valence-electron chi connectivity index (χ0n) is 12.9. The number of amides is 1. The molecular formula is C18H15Cl2N3O. The Bertz CT molecular complexity index is 931. The fourth-order valence-corrected chi connectivity index (χ4v) is 2.84. The highest BCUT2D eigenvalue weighted by atomic mass is 35.5. The number of aromatic nitrogens is 1. The summed E-state index contributed by atoms with van der Waals surface area (Å²) in [5.41, 5.74) is 6.28. The van der Waals surface area contributed by atoms with Gasteiger partial charge in [0.1, 0.15) is 0 Å². The lowest BCUT2D eigenvalue weighted by Gasteiger charge is -2.01. The lowest BCUT2D eigenvalue weighted by atomic mass is 10.1. The highest BCUT2D eigenvalue weighted by Gasteiger charge is 2.11. The van der Waals surface area contributed by atoms with E-state index in [1.807, 2.05) is 31.2 Å². The van der Waals surface area contributed by atoms with Crippen LogP contribution in [-0.4, -0.2) is 17.1 Å². The average molecular weight is 360 g/mol. The quantitative estimate of drug-likeness (QED) is 0.523. The Morgan fingerprint density at radius 2 is 2.00 bits per heavy atom. The summed E-state index contributed by atoms with van der Waals surface area (Å²) in [5, 5.41) is 5.95. The average Bonchev–Trinajstić information content (AvgIpc) is 2.87. The Balaban J connectivity index is 1.68. The van der Waals surface area contributed by atoms with Crippen molar-refractivity contribution in [2.24, 2.45) is 5.10 Å². The summed E-state index contributed by atoms with van der Waals surface area (Å²) in [6, 6.07) is 13.1. The fourth-order valence-electron chi connectivity index (χ4n) is 2.53. The molecule has 2 N–H and O–H groups in total. The van der Waals surface area contributed by atoms with Gasteiger partial charge in [0.15, 0.2) is 0 Å². The van der Waals surface area contributed by atoms with Crippen molar-refractivity contribution >= 4 is 46.2 Å². The molecule has 6 heteroatoms. The molecule has 0 atom stereocenters. The summed E-state index contributed by atoms with van der Waals surface area (Å²) < 4.78 is 0. The van der Waals surface area contributed by atoms with Gasteiger partial charge in [0.2, 0.25) is 5.91 Å². The number of fused-ring (bicyclic) bond motifs is 1. The number of benzene rings is 2. The zero-order chi connectivity index (χ0) is 17.1. The van der Waals surface area contributed by atoms with Gasteiger partial charge < -0.3 is 4.98 Å². The number of carbonyl (C=O) groups is 1. The largest absolute Gasteiger partial charge is 0.358 e. The number of nitrogens with zero attached hydrogens (tertiary/aromatic N) is 1. The number of rotatable bonds is 4. The van der Waals surface area contributed by atoms with E-state index in [0.717, 1.165) is 27.7 Å². The van der Waals surface area contributed by atoms with Gasteiger partial charge in [0.05, 0.1) is 22.7 Å². The van der Waals surface area contributed by atoms with E-state index in [-0.39, 0.29) is 12.3 Å². The monoisotopic (exact) mass is 359 g/mol. The van der Waals surface area contributed by atoms with Crippen molar-refractivity contribution in [1.29, 1.82) is 0 Å². The maximum absolute atomic E-state index is 12.1. The van der Waals surface area contributed by atoms with Crippen molar-refractivity contribution in [2.75, 3.05) is 0 Å². The molecular weight excluding hydrogens is 345 g/mol. The molecule has 1 amide bonds. The Hall–Kier alpha value is -2.30. The second-order valence-corrected chi connectivity index (χ2v) is 6.23. The minimum Gasteiger partial charge on any atom is -0.358 e. The third kappa shape index (κ3) is 3.61. The van der Waals surface area contributed by atoms with Gasteiger partial charge in [-0.3, -0.25) is 4.79 Å². The summed E-state index contributed by atoms with van der Waals surface area (Å²) in [6.07, 6.45) is 1.79. The molecule has 4 nitrogen and oxygen atoms in total. The number of carbonyl (C=O) groups excluding carboxylic acids is 1. The number of halogens is 2. The lowest BCUT2D eigenvalue weighted by molar-refractivity contribution is -0.120. The maximum atomic E-state index is 12.1. The Morgan fingerprint density at radius 1 is 1.21 bits per heavy atom. The van der Waals surface area contributed by atoms with Crippen LogP contribution in [0.5, 0.6) is 0 Å². The zero-order valence-corrected chi connectivity index (χ0v) is 14.4. The van der Waals surface area contributed by atoms with Gasteiger partial charge in [-0.15, -0.1) is 0 Å². The van der Waals surface area contributed by atoms with Gasteiger partial charge in [-0.25, -0.2) is 5.43 Å². The van der Waals surface area contributed by atoms with E-state index < -0.39 is 0 Å². The molecule has 0 aliphatic carbocycles. The second kappa shape index (κ2) is 7.07. The fraction of sp³-hybridized carbons (Fsp3) is 0.111. The van der Waals surface area contributed by atoms with E-state index in [1.165, 1.54) is 6.21 Å². The molecule has 0 saturated carbocycles. The van der Waals surface area contributed by atoms with Crippen LogP contribution in [0.2, 0.25) is 10.0 Å². The van der Waals surface area contributed by atoms with E-state index >= 15 is 0 Å². The maximum Gasteiger partial charge on any atom is 0.244 e. The predicted octanol–water partition coefficient (Wildman–Crippen LogP) is 4.48. The molecule has 24 heavy (non-hydrogen) atoms. The van der Waals surface area contributed by atoms with E-state index in [9.17, 15) is 4.79 Å². The highest BCUT2D eigenvalue weighted by molar-refractivity contribution is 6.42. The third-order valence-corrected chi connectivity index (χ3v) is 4.45. The van der Waals surface area contributed by atoms with Crippen LogP contribution in [0.3, 0.4) is 0 Å². The van der Waals surface area contributed by atoms with Crippen molar-refractivity contribution < 1.29 is 4.79 Å². The van der Waals surface area contributed by atoms with Crippen molar-refractivity contribution in [1.82, 2.24) is 10.4 Å². The van der Waals surface area contributed by atoms with Crippen molar-refractivity contribution in [2.45, 2.75) is 13.3 Å². The number of aryl methyl sites for hydroxylation is 1. The second-order valence-electron chi connectivity index (χ2n) is 5.42. The summed E-state index contributed by atoms with van der Waals surface area (Å²) in [6.45, 7) is 1.96. The first-order valence-electron chi connectivity index (χ1n) is 7.38. The van der Waals surface area contributed by atoms with Gasteiger partial charge in [-0.1, -0.05) is 47.5 Å². The normalized spacial score (nSPS) is 11.3. The molecule has 0 radical (unpaired) electrons. The number of hydrogen-bond acceptors (Lipinski definition) is 2. The SMILES string of the molecule is Cc1[nH]c2ccccc2c1CC(=O)N/N=C/c1ccc(Cl)c(Cl)c1. The molecule has 0 fully saturated rings.